The van der Waals surface area contributed by atoms with E-state index in [-0.39, 0.29) is 0 Å². The SMILES string of the molecule is c1ccc(-c2ccc3cc(-c4c5ccccc5c(-c5c6ccccc6cc6c5oc5ccccc56)c5ccccc45)oc3c2)cc1. The van der Waals surface area contributed by atoms with Crippen molar-refractivity contribution < 1.29 is 8.83 Å². The quantitative estimate of drug-likeness (QED) is 0.193. The fraction of sp³-hybridized carbons (Fsp3) is 0. The Morgan fingerprint density at radius 1 is 0.304 bits per heavy atom. The maximum atomic E-state index is 6.74. The van der Waals surface area contributed by atoms with Gasteiger partial charge in [0.1, 0.15) is 22.5 Å². The van der Waals surface area contributed by atoms with Gasteiger partial charge in [0.15, 0.2) is 0 Å². The third kappa shape index (κ3) is 3.65. The third-order valence-electron chi connectivity index (χ3n) is 9.45. The van der Waals surface area contributed by atoms with Gasteiger partial charge in [-0.1, -0.05) is 133 Å². The number of rotatable bonds is 3. The molecule has 0 spiro atoms. The zero-order valence-electron chi connectivity index (χ0n) is 24.8. The van der Waals surface area contributed by atoms with Gasteiger partial charge in [-0.3, -0.25) is 0 Å². The molecule has 0 aliphatic heterocycles. The first-order valence-corrected chi connectivity index (χ1v) is 15.7. The average Bonchev–Trinajstić information content (AvgIpc) is 3.71. The minimum Gasteiger partial charge on any atom is -0.456 e. The molecule has 0 amide bonds. The number of furan rings is 2. The second-order valence-corrected chi connectivity index (χ2v) is 12.0. The van der Waals surface area contributed by atoms with E-state index in [4.69, 9.17) is 8.83 Å². The van der Waals surface area contributed by atoms with Crippen LogP contribution in [0.4, 0.5) is 0 Å². The summed E-state index contributed by atoms with van der Waals surface area (Å²) in [6.07, 6.45) is 0. The lowest BCUT2D eigenvalue weighted by atomic mass is 9.85. The summed E-state index contributed by atoms with van der Waals surface area (Å²) in [5.74, 6) is 0.867. The van der Waals surface area contributed by atoms with E-state index in [1.54, 1.807) is 0 Å². The Labute approximate surface area is 264 Å². The molecule has 2 heterocycles. The maximum absolute atomic E-state index is 6.74. The molecule has 0 bridgehead atoms. The maximum Gasteiger partial charge on any atom is 0.143 e. The van der Waals surface area contributed by atoms with Gasteiger partial charge in [-0.15, -0.1) is 0 Å². The molecule has 2 nitrogen and oxygen atoms in total. The Kier molecular flexibility index (Phi) is 5.31. The molecule has 0 aliphatic carbocycles. The van der Waals surface area contributed by atoms with Crippen molar-refractivity contribution in [2.24, 2.45) is 0 Å². The Bertz CT molecular complexity index is 2740. The lowest BCUT2D eigenvalue weighted by molar-refractivity contribution is 0.633. The highest BCUT2D eigenvalue weighted by atomic mass is 16.3. The molecule has 0 N–H and O–H groups in total. The summed E-state index contributed by atoms with van der Waals surface area (Å²) in [6.45, 7) is 0. The highest BCUT2D eigenvalue weighted by Crippen LogP contribution is 2.49. The van der Waals surface area contributed by atoms with E-state index in [1.165, 1.54) is 32.7 Å². The van der Waals surface area contributed by atoms with E-state index >= 15 is 0 Å². The molecule has 8 aromatic carbocycles. The number of benzene rings is 8. The van der Waals surface area contributed by atoms with Crippen LogP contribution in [0.25, 0.3) is 98.8 Å². The van der Waals surface area contributed by atoms with Gasteiger partial charge in [0.05, 0.1) is 0 Å². The lowest BCUT2D eigenvalue weighted by Crippen LogP contribution is -1.91. The van der Waals surface area contributed by atoms with E-state index in [0.717, 1.165) is 66.1 Å². The molecule has 0 atom stereocenters. The Morgan fingerprint density at radius 2 is 0.913 bits per heavy atom. The molecule has 2 aromatic heterocycles. The molecule has 0 radical (unpaired) electrons. The molecule has 0 unspecified atom stereocenters. The molecule has 0 saturated heterocycles. The fourth-order valence-corrected chi connectivity index (χ4v) is 7.40. The van der Waals surface area contributed by atoms with Crippen LogP contribution in [-0.2, 0) is 0 Å². The average molecular weight is 587 g/mol. The van der Waals surface area contributed by atoms with E-state index in [1.807, 2.05) is 12.1 Å². The van der Waals surface area contributed by atoms with E-state index < -0.39 is 0 Å². The van der Waals surface area contributed by atoms with Crippen molar-refractivity contribution in [3.05, 3.63) is 158 Å². The normalized spacial score (nSPS) is 11.9. The molecule has 10 aromatic rings. The van der Waals surface area contributed by atoms with Crippen LogP contribution in [0.5, 0.6) is 0 Å². The summed E-state index contributed by atoms with van der Waals surface area (Å²) in [6, 6.07) is 55.9. The Morgan fingerprint density at radius 3 is 1.65 bits per heavy atom. The third-order valence-corrected chi connectivity index (χ3v) is 9.45. The van der Waals surface area contributed by atoms with Gasteiger partial charge >= 0.3 is 0 Å². The largest absolute Gasteiger partial charge is 0.456 e. The van der Waals surface area contributed by atoms with Crippen LogP contribution in [0.3, 0.4) is 0 Å². The zero-order chi connectivity index (χ0) is 30.2. The monoisotopic (exact) mass is 586 g/mol. The van der Waals surface area contributed by atoms with E-state index in [0.29, 0.717) is 0 Å². The van der Waals surface area contributed by atoms with Crippen LogP contribution in [0.1, 0.15) is 0 Å². The second kappa shape index (κ2) is 9.69. The number of hydrogen-bond donors (Lipinski definition) is 0. The minimum absolute atomic E-state index is 0.867. The smallest absolute Gasteiger partial charge is 0.143 e. The highest BCUT2D eigenvalue weighted by Gasteiger charge is 2.23. The van der Waals surface area contributed by atoms with Gasteiger partial charge in [0.2, 0.25) is 0 Å². The van der Waals surface area contributed by atoms with Crippen LogP contribution >= 0.6 is 0 Å². The van der Waals surface area contributed by atoms with Crippen LogP contribution in [0.15, 0.2) is 167 Å². The molecule has 10 rings (SSSR count). The summed E-state index contributed by atoms with van der Waals surface area (Å²) in [7, 11) is 0. The van der Waals surface area contributed by atoms with Crippen molar-refractivity contribution in [3.63, 3.8) is 0 Å². The first kappa shape index (κ1) is 25.2. The molecular weight excluding hydrogens is 560 g/mol. The highest BCUT2D eigenvalue weighted by molar-refractivity contribution is 6.28. The van der Waals surface area contributed by atoms with Crippen molar-refractivity contribution in [3.8, 4) is 33.6 Å². The van der Waals surface area contributed by atoms with Gasteiger partial charge in [-0.05, 0) is 67.7 Å². The Balaban J connectivity index is 1.32. The van der Waals surface area contributed by atoms with Crippen LogP contribution in [0, 0.1) is 0 Å². The van der Waals surface area contributed by atoms with Crippen LogP contribution < -0.4 is 0 Å². The summed E-state index contributed by atoms with van der Waals surface area (Å²) in [5, 5.41) is 10.4. The predicted octanol–water partition coefficient (Wildman–Crippen LogP) is 12.8. The molecule has 0 fully saturated rings. The van der Waals surface area contributed by atoms with Crippen molar-refractivity contribution in [1.29, 1.82) is 0 Å². The summed E-state index contributed by atoms with van der Waals surface area (Å²) in [4.78, 5) is 0. The second-order valence-electron chi connectivity index (χ2n) is 12.0. The predicted molar refractivity (Wildman–Crippen MR) is 192 cm³/mol. The van der Waals surface area contributed by atoms with Crippen molar-refractivity contribution in [2.45, 2.75) is 0 Å². The van der Waals surface area contributed by atoms with Gasteiger partial charge < -0.3 is 8.83 Å². The summed E-state index contributed by atoms with van der Waals surface area (Å²) in [5.41, 5.74) is 8.43. The minimum atomic E-state index is 0.867. The molecular formula is C44H26O2. The van der Waals surface area contributed by atoms with Gasteiger partial charge in [-0.2, -0.15) is 0 Å². The molecule has 46 heavy (non-hydrogen) atoms. The van der Waals surface area contributed by atoms with Crippen molar-refractivity contribution in [1.82, 2.24) is 0 Å². The lowest BCUT2D eigenvalue weighted by Gasteiger charge is -2.18. The zero-order valence-corrected chi connectivity index (χ0v) is 24.8. The first-order chi connectivity index (χ1) is 22.8. The van der Waals surface area contributed by atoms with Crippen LogP contribution in [0.2, 0.25) is 0 Å². The van der Waals surface area contributed by atoms with Crippen molar-refractivity contribution in [2.75, 3.05) is 0 Å². The Hall–Kier alpha value is -6.12. The molecule has 0 saturated carbocycles. The molecule has 214 valence electrons. The number of fused-ring (bicyclic) bond motifs is 7. The van der Waals surface area contributed by atoms with Crippen LogP contribution in [-0.4, -0.2) is 0 Å². The van der Waals surface area contributed by atoms with E-state index in [2.05, 4.69) is 146 Å². The topological polar surface area (TPSA) is 26.3 Å². The summed E-state index contributed by atoms with van der Waals surface area (Å²) < 4.78 is 13.5. The van der Waals surface area contributed by atoms with Gasteiger partial charge in [-0.25, -0.2) is 0 Å². The van der Waals surface area contributed by atoms with Gasteiger partial charge in [0.25, 0.3) is 0 Å². The standard InChI is InChI=1S/C44H26O2/c1-2-12-27(13-3-1)28-22-23-30-26-40(45-39(30)25-28)41-33-17-6-8-19-35(33)42(36-20-9-7-18-34(36)41)43-31-15-5-4-14-29(31)24-37-32-16-10-11-21-38(32)46-44(37)43/h1-26H. The van der Waals surface area contributed by atoms with E-state index in [9.17, 15) is 0 Å². The number of para-hydroxylation sites is 1. The van der Waals surface area contributed by atoms with Crippen molar-refractivity contribution >= 4 is 65.2 Å². The summed E-state index contributed by atoms with van der Waals surface area (Å²) >= 11 is 0. The van der Waals surface area contributed by atoms with Gasteiger partial charge in [0, 0.05) is 32.8 Å². The number of hydrogen-bond acceptors (Lipinski definition) is 2. The molecule has 0 aliphatic rings. The first-order valence-electron chi connectivity index (χ1n) is 15.7. The fourth-order valence-electron chi connectivity index (χ4n) is 7.40. The molecule has 2 heteroatoms.